The molecule has 1 aliphatic rings. The van der Waals surface area contributed by atoms with Crippen molar-refractivity contribution >= 4 is 23.7 Å². The lowest BCUT2D eigenvalue weighted by Gasteiger charge is -2.27. The number of nitrogens with zero attached hydrogens (tertiary/aromatic N) is 1. The standard InChI is InChI=1S/C14H24N4O6/c1-7(14(23)24)16-13(22)11(8(2)19)17-12(21)9-4-3-5-18(9)10(20)6-15/h7-9,11,19H,3-6,15H2,1-2H3,(H,16,22)(H,17,21)(H,23,24). The highest BCUT2D eigenvalue weighted by Gasteiger charge is 2.36. The number of aliphatic carboxylic acids is 1. The van der Waals surface area contributed by atoms with Crippen molar-refractivity contribution in [2.45, 2.75) is 50.9 Å². The molecule has 1 fully saturated rings. The van der Waals surface area contributed by atoms with Crippen LogP contribution in [0.1, 0.15) is 26.7 Å². The second kappa shape index (κ2) is 8.60. The number of likely N-dealkylation sites (tertiary alicyclic amines) is 1. The van der Waals surface area contributed by atoms with E-state index in [0.717, 1.165) is 0 Å². The van der Waals surface area contributed by atoms with E-state index < -0.39 is 42.0 Å². The highest BCUT2D eigenvalue weighted by Crippen LogP contribution is 2.17. The number of carbonyl (C=O) groups is 4. The maximum absolute atomic E-state index is 12.4. The fourth-order valence-corrected chi connectivity index (χ4v) is 2.47. The number of aliphatic hydroxyl groups excluding tert-OH is 1. The van der Waals surface area contributed by atoms with Gasteiger partial charge < -0.3 is 31.5 Å². The molecule has 6 N–H and O–H groups in total. The van der Waals surface area contributed by atoms with E-state index in [0.29, 0.717) is 19.4 Å². The lowest BCUT2D eigenvalue weighted by atomic mass is 10.1. The number of carbonyl (C=O) groups excluding carboxylic acids is 3. The number of rotatable bonds is 7. The first-order valence-corrected chi connectivity index (χ1v) is 7.70. The summed E-state index contributed by atoms with van der Waals surface area (Å²) >= 11 is 0. The zero-order valence-electron chi connectivity index (χ0n) is 13.7. The van der Waals surface area contributed by atoms with Gasteiger partial charge in [0.25, 0.3) is 0 Å². The molecular formula is C14H24N4O6. The summed E-state index contributed by atoms with van der Waals surface area (Å²) in [5, 5.41) is 23.1. The third kappa shape index (κ3) is 4.90. The lowest BCUT2D eigenvalue weighted by Crippen LogP contribution is -2.58. The molecule has 1 aliphatic heterocycles. The van der Waals surface area contributed by atoms with Gasteiger partial charge in [0.15, 0.2) is 0 Å². The van der Waals surface area contributed by atoms with E-state index in [9.17, 15) is 24.3 Å². The number of nitrogens with one attached hydrogen (secondary N) is 2. The van der Waals surface area contributed by atoms with Crippen molar-refractivity contribution in [2.75, 3.05) is 13.1 Å². The molecule has 0 aromatic rings. The maximum Gasteiger partial charge on any atom is 0.325 e. The van der Waals surface area contributed by atoms with E-state index in [1.807, 2.05) is 0 Å². The monoisotopic (exact) mass is 344 g/mol. The van der Waals surface area contributed by atoms with E-state index in [2.05, 4.69) is 10.6 Å². The molecule has 0 aliphatic carbocycles. The van der Waals surface area contributed by atoms with Gasteiger partial charge >= 0.3 is 5.97 Å². The normalized spacial score (nSPS) is 20.8. The molecule has 10 heteroatoms. The molecule has 136 valence electrons. The number of hydrogen-bond donors (Lipinski definition) is 5. The minimum absolute atomic E-state index is 0.222. The Morgan fingerprint density at radius 3 is 2.38 bits per heavy atom. The molecule has 10 nitrogen and oxygen atoms in total. The smallest absolute Gasteiger partial charge is 0.325 e. The summed E-state index contributed by atoms with van der Waals surface area (Å²) in [5.41, 5.74) is 5.31. The maximum atomic E-state index is 12.4. The third-order valence-electron chi connectivity index (χ3n) is 3.84. The summed E-state index contributed by atoms with van der Waals surface area (Å²) in [6, 6.07) is -3.25. The summed E-state index contributed by atoms with van der Waals surface area (Å²) in [7, 11) is 0. The summed E-state index contributed by atoms with van der Waals surface area (Å²) in [4.78, 5) is 48.3. The van der Waals surface area contributed by atoms with Crippen LogP contribution >= 0.6 is 0 Å². The van der Waals surface area contributed by atoms with Crippen LogP contribution in [-0.2, 0) is 19.2 Å². The Labute approximate surface area is 139 Å². The van der Waals surface area contributed by atoms with Crippen LogP contribution in [0.15, 0.2) is 0 Å². The van der Waals surface area contributed by atoms with E-state index in [1.54, 1.807) is 0 Å². The van der Waals surface area contributed by atoms with Crippen LogP contribution in [0.3, 0.4) is 0 Å². The molecule has 4 atom stereocenters. The van der Waals surface area contributed by atoms with Gasteiger partial charge in [-0.05, 0) is 26.7 Å². The molecule has 3 amide bonds. The first-order valence-electron chi connectivity index (χ1n) is 7.70. The van der Waals surface area contributed by atoms with Gasteiger partial charge in [0.2, 0.25) is 17.7 Å². The molecular weight excluding hydrogens is 320 g/mol. The number of nitrogens with two attached hydrogens (primary N) is 1. The van der Waals surface area contributed by atoms with Gasteiger partial charge in [-0.2, -0.15) is 0 Å². The van der Waals surface area contributed by atoms with Crippen molar-refractivity contribution < 1.29 is 29.4 Å². The zero-order chi connectivity index (χ0) is 18.4. The average molecular weight is 344 g/mol. The van der Waals surface area contributed by atoms with E-state index in [4.69, 9.17) is 10.8 Å². The third-order valence-corrected chi connectivity index (χ3v) is 3.84. The topological polar surface area (TPSA) is 162 Å². The van der Waals surface area contributed by atoms with Gasteiger partial charge in [-0.1, -0.05) is 0 Å². The van der Waals surface area contributed by atoms with Crippen molar-refractivity contribution in [3.05, 3.63) is 0 Å². The second-order valence-electron chi connectivity index (χ2n) is 5.74. The van der Waals surface area contributed by atoms with Crippen molar-refractivity contribution in [1.29, 1.82) is 0 Å². The Kier molecular flexibility index (Phi) is 7.11. The predicted molar refractivity (Wildman–Crippen MR) is 82.6 cm³/mol. The van der Waals surface area contributed by atoms with Gasteiger partial charge in [0, 0.05) is 6.54 Å². The minimum atomic E-state index is -1.32. The van der Waals surface area contributed by atoms with Gasteiger partial charge in [-0.15, -0.1) is 0 Å². The largest absolute Gasteiger partial charge is 0.480 e. The molecule has 0 radical (unpaired) electrons. The number of aliphatic hydroxyl groups is 1. The van der Waals surface area contributed by atoms with Gasteiger partial charge in [0.1, 0.15) is 18.1 Å². The Morgan fingerprint density at radius 1 is 1.25 bits per heavy atom. The van der Waals surface area contributed by atoms with Crippen LogP contribution in [-0.4, -0.2) is 76.1 Å². The fourth-order valence-electron chi connectivity index (χ4n) is 2.47. The average Bonchev–Trinajstić information content (AvgIpc) is 3.00. The van der Waals surface area contributed by atoms with Crippen molar-refractivity contribution in [3.63, 3.8) is 0 Å². The van der Waals surface area contributed by atoms with Gasteiger partial charge in [-0.25, -0.2) is 0 Å². The van der Waals surface area contributed by atoms with Crippen LogP contribution < -0.4 is 16.4 Å². The van der Waals surface area contributed by atoms with Gasteiger partial charge in [0.05, 0.1) is 12.6 Å². The van der Waals surface area contributed by atoms with E-state index >= 15 is 0 Å². The fraction of sp³-hybridized carbons (Fsp3) is 0.714. The number of hydrogen-bond acceptors (Lipinski definition) is 6. The summed E-state index contributed by atoms with van der Waals surface area (Å²) in [5.74, 6) is -3.01. The Balaban J connectivity index is 2.77. The van der Waals surface area contributed by atoms with Crippen molar-refractivity contribution in [1.82, 2.24) is 15.5 Å². The SMILES string of the molecule is CC(NC(=O)C(NC(=O)C1CCCN1C(=O)CN)C(C)O)C(=O)O. The molecule has 4 unspecified atom stereocenters. The number of carboxylic acid groups (broad SMARTS) is 1. The molecule has 24 heavy (non-hydrogen) atoms. The molecule has 1 saturated heterocycles. The Bertz CT molecular complexity index is 509. The molecule has 0 spiro atoms. The predicted octanol–water partition coefficient (Wildman–Crippen LogP) is -2.61. The minimum Gasteiger partial charge on any atom is -0.480 e. The summed E-state index contributed by atoms with van der Waals surface area (Å²) < 4.78 is 0. The summed E-state index contributed by atoms with van der Waals surface area (Å²) in [6.07, 6.45) is -0.183. The number of carboxylic acids is 1. The van der Waals surface area contributed by atoms with E-state index in [1.165, 1.54) is 18.7 Å². The number of amides is 3. The lowest BCUT2D eigenvalue weighted by molar-refractivity contribution is -0.143. The van der Waals surface area contributed by atoms with Crippen LogP contribution in [0.25, 0.3) is 0 Å². The summed E-state index contributed by atoms with van der Waals surface area (Å²) in [6.45, 7) is 2.74. The van der Waals surface area contributed by atoms with Gasteiger partial charge in [-0.3, -0.25) is 19.2 Å². The highest BCUT2D eigenvalue weighted by molar-refractivity contribution is 5.94. The molecule has 1 heterocycles. The van der Waals surface area contributed by atoms with Crippen LogP contribution in [0.4, 0.5) is 0 Å². The second-order valence-corrected chi connectivity index (χ2v) is 5.74. The Hall–Kier alpha value is -2.20. The molecule has 0 aromatic carbocycles. The zero-order valence-corrected chi connectivity index (χ0v) is 13.7. The van der Waals surface area contributed by atoms with Crippen molar-refractivity contribution in [3.8, 4) is 0 Å². The van der Waals surface area contributed by atoms with Crippen LogP contribution in [0, 0.1) is 0 Å². The molecule has 1 rings (SSSR count). The first-order chi connectivity index (χ1) is 11.2. The first kappa shape index (κ1) is 19.8. The Morgan fingerprint density at radius 2 is 1.88 bits per heavy atom. The van der Waals surface area contributed by atoms with Crippen molar-refractivity contribution in [2.24, 2.45) is 5.73 Å². The molecule has 0 bridgehead atoms. The molecule has 0 aromatic heterocycles. The van der Waals surface area contributed by atoms with Crippen LogP contribution in [0.2, 0.25) is 0 Å². The molecule has 0 saturated carbocycles. The quantitative estimate of drug-likeness (QED) is 0.338. The van der Waals surface area contributed by atoms with E-state index in [-0.39, 0.29) is 12.5 Å². The highest BCUT2D eigenvalue weighted by atomic mass is 16.4. The van der Waals surface area contributed by atoms with Crippen LogP contribution in [0.5, 0.6) is 0 Å².